The number of amides is 2. The van der Waals surface area contributed by atoms with Crippen molar-refractivity contribution in [2.75, 3.05) is 5.75 Å². The van der Waals surface area contributed by atoms with E-state index >= 15 is 0 Å². The second-order valence-electron chi connectivity index (χ2n) is 8.70. The van der Waals surface area contributed by atoms with Crippen molar-refractivity contribution in [1.29, 1.82) is 0 Å². The van der Waals surface area contributed by atoms with Gasteiger partial charge in [-0.05, 0) is 16.7 Å². The molecule has 0 aromatic heterocycles. The zero-order chi connectivity index (χ0) is 25.3. The number of carboxylic acids is 1. The van der Waals surface area contributed by atoms with Gasteiger partial charge in [0.05, 0.1) is 17.9 Å². The van der Waals surface area contributed by atoms with Crippen LogP contribution in [0.15, 0.2) is 102 Å². The van der Waals surface area contributed by atoms with E-state index in [0.29, 0.717) is 11.1 Å². The highest BCUT2D eigenvalue weighted by Gasteiger charge is 2.60. The van der Waals surface area contributed by atoms with Crippen molar-refractivity contribution in [3.05, 3.63) is 119 Å². The lowest BCUT2D eigenvalue weighted by atomic mass is 9.70. The third-order valence-corrected chi connectivity index (χ3v) is 7.83. The monoisotopic (exact) mass is 500 g/mol. The molecule has 5 rings (SSSR count). The summed E-state index contributed by atoms with van der Waals surface area (Å²) in [5, 5.41) is 24.1. The summed E-state index contributed by atoms with van der Waals surface area (Å²) < 4.78 is 0. The Morgan fingerprint density at radius 3 is 1.97 bits per heavy atom. The number of hydrogen-bond acceptors (Lipinski definition) is 5. The second-order valence-corrected chi connectivity index (χ2v) is 9.80. The summed E-state index contributed by atoms with van der Waals surface area (Å²) in [6, 6.07) is 25.6. The molecule has 2 amide bonds. The summed E-state index contributed by atoms with van der Waals surface area (Å²) in [5.41, 5.74) is -0.137. The van der Waals surface area contributed by atoms with E-state index in [1.54, 1.807) is 60.7 Å². The van der Waals surface area contributed by atoms with Gasteiger partial charge in [0.15, 0.2) is 5.41 Å². The number of aliphatic hydroxyl groups is 1. The molecule has 36 heavy (non-hydrogen) atoms. The topological polar surface area (TPSA) is 107 Å². The lowest BCUT2D eigenvalue weighted by Crippen LogP contribution is -2.72. The van der Waals surface area contributed by atoms with Gasteiger partial charge in [0.2, 0.25) is 5.91 Å². The largest absolute Gasteiger partial charge is 0.510 e. The van der Waals surface area contributed by atoms with Gasteiger partial charge in [-0.2, -0.15) is 0 Å². The van der Waals surface area contributed by atoms with E-state index in [4.69, 9.17) is 0 Å². The van der Waals surface area contributed by atoms with Crippen molar-refractivity contribution in [3.8, 4) is 0 Å². The highest BCUT2D eigenvalue weighted by Crippen LogP contribution is 2.50. The van der Waals surface area contributed by atoms with Crippen LogP contribution in [0.2, 0.25) is 0 Å². The van der Waals surface area contributed by atoms with E-state index in [2.05, 4.69) is 5.32 Å². The molecule has 1 fully saturated rings. The van der Waals surface area contributed by atoms with Gasteiger partial charge in [0.1, 0.15) is 17.2 Å². The zero-order valence-corrected chi connectivity index (χ0v) is 20.0. The molecule has 3 aromatic rings. The first kappa shape index (κ1) is 23.7. The standard InChI is InChI=1S/C28H24N2O5S/c31-21-17-36-26-23(29-22(32)16-18-10-4-1-5-11-18)25(33)30(26)24(21)28(27(34)35,19-12-6-2-7-13-19)20-14-8-3-9-15-20/h1-15,23,26,31H,16-17H2,(H,29,32)(H,34,35). The number of nitrogens with one attached hydrogen (secondary N) is 1. The van der Waals surface area contributed by atoms with Crippen LogP contribution in [0, 0.1) is 0 Å². The van der Waals surface area contributed by atoms with Crippen LogP contribution in [0.5, 0.6) is 0 Å². The summed E-state index contributed by atoms with van der Waals surface area (Å²) in [5.74, 6) is -2.02. The van der Waals surface area contributed by atoms with Crippen LogP contribution in [0.3, 0.4) is 0 Å². The predicted octanol–water partition coefficient (Wildman–Crippen LogP) is 3.47. The molecule has 1 saturated heterocycles. The Balaban J connectivity index is 1.53. The maximum absolute atomic E-state index is 13.4. The van der Waals surface area contributed by atoms with Crippen molar-refractivity contribution in [2.45, 2.75) is 23.3 Å². The fraction of sp³-hybridized carbons (Fsp3) is 0.179. The van der Waals surface area contributed by atoms with Crippen molar-refractivity contribution < 1.29 is 24.6 Å². The molecule has 2 atom stereocenters. The predicted molar refractivity (Wildman–Crippen MR) is 136 cm³/mol. The molecule has 2 aliphatic rings. The molecule has 0 radical (unpaired) electrons. The van der Waals surface area contributed by atoms with Gasteiger partial charge < -0.3 is 15.5 Å². The van der Waals surface area contributed by atoms with Crippen molar-refractivity contribution in [1.82, 2.24) is 10.2 Å². The Hall–Kier alpha value is -4.04. The average molecular weight is 501 g/mol. The van der Waals surface area contributed by atoms with Crippen LogP contribution in [0.4, 0.5) is 0 Å². The Labute approximate surface area is 212 Å². The SMILES string of the molecule is O=C(Cc1ccccc1)NC1C(=O)N2C(C(C(=O)O)(c3ccccc3)c3ccccc3)=C(O)CSC12. The molecule has 0 spiro atoms. The fourth-order valence-electron chi connectivity index (χ4n) is 4.94. The number of β-lactam (4-membered cyclic amide) rings is 1. The molecule has 0 saturated carbocycles. The van der Waals surface area contributed by atoms with Crippen LogP contribution < -0.4 is 5.32 Å². The lowest BCUT2D eigenvalue weighted by Gasteiger charge is -2.53. The molecule has 182 valence electrons. The van der Waals surface area contributed by atoms with Crippen molar-refractivity contribution in [2.24, 2.45) is 0 Å². The van der Waals surface area contributed by atoms with E-state index in [1.807, 2.05) is 30.3 Å². The highest BCUT2D eigenvalue weighted by molar-refractivity contribution is 8.00. The number of fused-ring (bicyclic) bond motifs is 1. The maximum atomic E-state index is 13.4. The highest BCUT2D eigenvalue weighted by atomic mass is 32.2. The minimum absolute atomic E-state index is 0.0229. The summed E-state index contributed by atoms with van der Waals surface area (Å²) in [4.78, 5) is 40.6. The Bertz CT molecular complexity index is 1290. The number of benzene rings is 3. The van der Waals surface area contributed by atoms with Gasteiger partial charge in [-0.3, -0.25) is 19.3 Å². The first-order chi connectivity index (χ1) is 17.4. The molecule has 2 unspecified atom stereocenters. The van der Waals surface area contributed by atoms with Crippen LogP contribution in [0.25, 0.3) is 0 Å². The van der Waals surface area contributed by atoms with E-state index in [-0.39, 0.29) is 29.5 Å². The van der Waals surface area contributed by atoms with Crippen molar-refractivity contribution >= 4 is 29.5 Å². The van der Waals surface area contributed by atoms with Gasteiger partial charge >= 0.3 is 5.97 Å². The first-order valence-corrected chi connectivity index (χ1v) is 12.5. The number of rotatable bonds is 7. The normalized spacial score (nSPS) is 19.3. The summed E-state index contributed by atoms with van der Waals surface area (Å²) in [6.07, 6.45) is 0.128. The Morgan fingerprint density at radius 1 is 0.917 bits per heavy atom. The molecule has 3 N–H and O–H groups in total. The zero-order valence-electron chi connectivity index (χ0n) is 19.2. The lowest BCUT2D eigenvalue weighted by molar-refractivity contribution is -0.149. The Morgan fingerprint density at radius 2 is 1.44 bits per heavy atom. The molecule has 0 aliphatic carbocycles. The molecule has 8 heteroatoms. The number of nitrogens with zero attached hydrogens (tertiary/aromatic N) is 1. The van der Waals surface area contributed by atoms with Crippen molar-refractivity contribution in [3.63, 3.8) is 0 Å². The van der Waals surface area contributed by atoms with Crippen LogP contribution >= 0.6 is 11.8 Å². The smallest absolute Gasteiger partial charge is 0.324 e. The fourth-order valence-corrected chi connectivity index (χ4v) is 6.15. The Kier molecular flexibility index (Phi) is 6.28. The van der Waals surface area contributed by atoms with Crippen LogP contribution in [-0.2, 0) is 26.2 Å². The van der Waals surface area contributed by atoms with Gasteiger partial charge in [0, 0.05) is 0 Å². The molecular weight excluding hydrogens is 476 g/mol. The van der Waals surface area contributed by atoms with Gasteiger partial charge in [-0.15, -0.1) is 11.8 Å². The third-order valence-electron chi connectivity index (χ3n) is 6.56. The molecule has 7 nitrogen and oxygen atoms in total. The molecular formula is C28H24N2O5S. The molecule has 2 heterocycles. The second kappa shape index (κ2) is 9.54. The number of thioether (sulfide) groups is 1. The summed E-state index contributed by atoms with van der Waals surface area (Å²) in [7, 11) is 0. The number of hydrogen-bond donors (Lipinski definition) is 3. The van der Waals surface area contributed by atoms with Crippen LogP contribution in [0.1, 0.15) is 16.7 Å². The number of carboxylic acid groups (broad SMARTS) is 1. The van der Waals surface area contributed by atoms with Gasteiger partial charge in [-0.1, -0.05) is 91.0 Å². The third kappa shape index (κ3) is 3.83. The van der Waals surface area contributed by atoms with E-state index in [9.17, 15) is 24.6 Å². The minimum atomic E-state index is -1.82. The van der Waals surface area contributed by atoms with E-state index in [0.717, 1.165) is 5.56 Å². The number of carbonyl (C=O) groups excluding carboxylic acids is 2. The quantitative estimate of drug-likeness (QED) is 0.429. The number of carbonyl (C=O) groups is 3. The van der Waals surface area contributed by atoms with Crippen LogP contribution in [-0.4, -0.2) is 50.1 Å². The maximum Gasteiger partial charge on any atom is 0.324 e. The molecule has 3 aromatic carbocycles. The number of aliphatic carboxylic acids is 1. The summed E-state index contributed by atoms with van der Waals surface area (Å²) in [6.45, 7) is 0. The first-order valence-electron chi connectivity index (χ1n) is 11.5. The van der Waals surface area contributed by atoms with Gasteiger partial charge in [0.25, 0.3) is 5.91 Å². The van der Waals surface area contributed by atoms with E-state index in [1.165, 1.54) is 16.7 Å². The molecule has 2 aliphatic heterocycles. The molecule has 0 bridgehead atoms. The van der Waals surface area contributed by atoms with E-state index < -0.39 is 28.7 Å². The minimum Gasteiger partial charge on any atom is -0.510 e. The summed E-state index contributed by atoms with van der Waals surface area (Å²) >= 11 is 1.29. The number of aliphatic hydroxyl groups excluding tert-OH is 1. The average Bonchev–Trinajstić information content (AvgIpc) is 2.90. The van der Waals surface area contributed by atoms with Gasteiger partial charge in [-0.25, -0.2) is 0 Å².